The molecule has 4 N–H and O–H groups in total. The van der Waals surface area contributed by atoms with Crippen LogP contribution in [0.5, 0.6) is 5.75 Å². The molecule has 2 rings (SSSR count). The molecule has 0 saturated carbocycles. The van der Waals surface area contributed by atoms with Crippen molar-refractivity contribution in [1.29, 1.82) is 0 Å². The number of rotatable bonds is 4. The fourth-order valence-electron chi connectivity index (χ4n) is 1.62. The predicted octanol–water partition coefficient (Wildman–Crippen LogP) is 2.00. The molecule has 21 heavy (non-hydrogen) atoms. The van der Waals surface area contributed by atoms with Crippen LogP contribution in [0.15, 0.2) is 30.6 Å². The monoisotopic (exact) mass is 326 g/mol. The SMILES string of the molecule is NC(Cc1ccc(O)cc1)C(=O)Nc1ncnc(Cl)c1Cl. The lowest BCUT2D eigenvalue weighted by molar-refractivity contribution is -0.117. The fourth-order valence-corrected chi connectivity index (χ4v) is 1.90. The minimum Gasteiger partial charge on any atom is -0.508 e. The van der Waals surface area contributed by atoms with Gasteiger partial charge in [-0.1, -0.05) is 35.3 Å². The van der Waals surface area contributed by atoms with Gasteiger partial charge in [0, 0.05) is 0 Å². The first-order valence-electron chi connectivity index (χ1n) is 5.97. The molecule has 1 unspecified atom stereocenters. The molecular weight excluding hydrogens is 315 g/mol. The number of aromatic nitrogens is 2. The van der Waals surface area contributed by atoms with Gasteiger partial charge in [-0.25, -0.2) is 9.97 Å². The van der Waals surface area contributed by atoms with Crippen molar-refractivity contribution in [1.82, 2.24) is 9.97 Å². The Bertz CT molecular complexity index is 649. The number of nitrogens with two attached hydrogens (primary N) is 1. The molecule has 0 bridgehead atoms. The number of anilines is 1. The average Bonchev–Trinajstić information content (AvgIpc) is 2.46. The van der Waals surface area contributed by atoms with Gasteiger partial charge in [0.25, 0.3) is 0 Å². The summed E-state index contributed by atoms with van der Waals surface area (Å²) in [6, 6.07) is 5.65. The Balaban J connectivity index is 2.02. The third kappa shape index (κ3) is 4.04. The van der Waals surface area contributed by atoms with E-state index >= 15 is 0 Å². The molecule has 1 amide bonds. The summed E-state index contributed by atoms with van der Waals surface area (Å²) in [5.74, 6) is -0.179. The Hall–Kier alpha value is -1.89. The van der Waals surface area contributed by atoms with Crippen LogP contribution >= 0.6 is 23.2 Å². The highest BCUT2D eigenvalue weighted by Crippen LogP contribution is 2.25. The molecule has 8 heteroatoms. The number of amides is 1. The summed E-state index contributed by atoms with van der Waals surface area (Å²) in [5, 5.41) is 11.8. The number of phenols is 1. The van der Waals surface area contributed by atoms with Crippen molar-refractivity contribution in [3.05, 3.63) is 46.3 Å². The first kappa shape index (κ1) is 15.5. The van der Waals surface area contributed by atoms with Gasteiger partial charge in [0.1, 0.15) is 17.1 Å². The van der Waals surface area contributed by atoms with E-state index in [4.69, 9.17) is 28.9 Å². The zero-order valence-electron chi connectivity index (χ0n) is 10.8. The summed E-state index contributed by atoms with van der Waals surface area (Å²) in [7, 11) is 0. The Kier molecular flexibility index (Phi) is 4.95. The van der Waals surface area contributed by atoms with Gasteiger partial charge in [-0.05, 0) is 24.1 Å². The molecule has 6 nitrogen and oxygen atoms in total. The summed E-state index contributed by atoms with van der Waals surface area (Å²) >= 11 is 11.6. The standard InChI is InChI=1S/C13H12Cl2N4O2/c14-10-11(15)17-6-18-12(10)19-13(21)9(16)5-7-1-3-8(20)4-2-7/h1-4,6,9,20H,5,16H2,(H,17,18,19,21). The Labute approximate surface area is 130 Å². The Morgan fingerprint density at radius 1 is 1.29 bits per heavy atom. The van der Waals surface area contributed by atoms with Crippen LogP contribution in [-0.2, 0) is 11.2 Å². The van der Waals surface area contributed by atoms with Gasteiger partial charge < -0.3 is 16.2 Å². The first-order chi connectivity index (χ1) is 9.97. The molecule has 110 valence electrons. The molecule has 1 aromatic heterocycles. The smallest absolute Gasteiger partial charge is 0.242 e. The van der Waals surface area contributed by atoms with E-state index in [1.165, 1.54) is 18.5 Å². The van der Waals surface area contributed by atoms with E-state index in [9.17, 15) is 9.90 Å². The zero-order valence-corrected chi connectivity index (χ0v) is 12.3. The molecule has 0 aliphatic rings. The summed E-state index contributed by atoms with van der Waals surface area (Å²) in [5.41, 5.74) is 6.65. The maximum absolute atomic E-state index is 12.0. The van der Waals surface area contributed by atoms with E-state index in [1.807, 2.05) is 0 Å². The van der Waals surface area contributed by atoms with E-state index in [2.05, 4.69) is 15.3 Å². The molecule has 0 aliphatic carbocycles. The Morgan fingerprint density at radius 3 is 2.62 bits per heavy atom. The van der Waals surface area contributed by atoms with Crippen molar-refractivity contribution < 1.29 is 9.90 Å². The zero-order chi connectivity index (χ0) is 15.4. The molecule has 1 heterocycles. The summed E-state index contributed by atoms with van der Waals surface area (Å²) in [6.45, 7) is 0. The van der Waals surface area contributed by atoms with E-state index in [1.54, 1.807) is 12.1 Å². The van der Waals surface area contributed by atoms with Gasteiger partial charge in [0.2, 0.25) is 5.91 Å². The molecule has 0 spiro atoms. The molecular formula is C13H12Cl2N4O2. The maximum Gasteiger partial charge on any atom is 0.242 e. The van der Waals surface area contributed by atoms with Crippen LogP contribution in [0.3, 0.4) is 0 Å². The van der Waals surface area contributed by atoms with Crippen LogP contribution in [0, 0.1) is 0 Å². The minimum absolute atomic E-state index is 0.0501. The van der Waals surface area contributed by atoms with Crippen molar-refractivity contribution in [2.45, 2.75) is 12.5 Å². The average molecular weight is 327 g/mol. The van der Waals surface area contributed by atoms with Crippen LogP contribution in [0.4, 0.5) is 5.82 Å². The van der Waals surface area contributed by atoms with Crippen LogP contribution < -0.4 is 11.1 Å². The van der Waals surface area contributed by atoms with Gasteiger partial charge in [0.15, 0.2) is 11.0 Å². The second kappa shape index (κ2) is 6.71. The fraction of sp³-hybridized carbons (Fsp3) is 0.154. The number of halogens is 2. The van der Waals surface area contributed by atoms with E-state index < -0.39 is 11.9 Å². The topological polar surface area (TPSA) is 101 Å². The van der Waals surface area contributed by atoms with E-state index in [0.29, 0.717) is 6.42 Å². The lowest BCUT2D eigenvalue weighted by Gasteiger charge is -2.12. The number of carbonyl (C=O) groups excluding carboxylic acids is 1. The number of benzene rings is 1. The molecule has 2 aromatic rings. The third-order valence-corrected chi connectivity index (χ3v) is 3.46. The number of carbonyl (C=O) groups is 1. The van der Waals surface area contributed by atoms with E-state index in [0.717, 1.165) is 5.56 Å². The highest BCUT2D eigenvalue weighted by Gasteiger charge is 2.17. The van der Waals surface area contributed by atoms with Crippen LogP contribution in [0.2, 0.25) is 10.2 Å². The summed E-state index contributed by atoms with van der Waals surface area (Å²) < 4.78 is 0. The van der Waals surface area contributed by atoms with Crippen molar-refractivity contribution in [2.75, 3.05) is 5.32 Å². The van der Waals surface area contributed by atoms with Crippen molar-refractivity contribution >= 4 is 34.9 Å². The van der Waals surface area contributed by atoms with Gasteiger partial charge in [0.05, 0.1) is 6.04 Å². The van der Waals surface area contributed by atoms with E-state index in [-0.39, 0.29) is 21.7 Å². The quantitative estimate of drug-likeness (QED) is 0.746. The number of hydrogen-bond acceptors (Lipinski definition) is 5. The van der Waals surface area contributed by atoms with Crippen molar-refractivity contribution in [2.24, 2.45) is 5.73 Å². The largest absolute Gasteiger partial charge is 0.508 e. The Morgan fingerprint density at radius 2 is 1.95 bits per heavy atom. The van der Waals surface area contributed by atoms with Gasteiger partial charge in [-0.2, -0.15) is 0 Å². The molecule has 0 fully saturated rings. The van der Waals surface area contributed by atoms with Crippen LogP contribution in [-0.4, -0.2) is 27.0 Å². The second-order valence-corrected chi connectivity index (χ2v) is 5.03. The van der Waals surface area contributed by atoms with Gasteiger partial charge >= 0.3 is 0 Å². The number of nitrogens with one attached hydrogen (secondary N) is 1. The highest BCUT2D eigenvalue weighted by atomic mass is 35.5. The van der Waals surface area contributed by atoms with Gasteiger partial charge in [-0.3, -0.25) is 4.79 Å². The molecule has 1 aromatic carbocycles. The normalized spacial score (nSPS) is 12.0. The first-order valence-corrected chi connectivity index (χ1v) is 6.73. The molecule has 1 atom stereocenters. The van der Waals surface area contributed by atoms with Crippen molar-refractivity contribution in [3.8, 4) is 5.75 Å². The lowest BCUT2D eigenvalue weighted by atomic mass is 10.1. The predicted molar refractivity (Wildman–Crippen MR) is 80.5 cm³/mol. The van der Waals surface area contributed by atoms with Gasteiger partial charge in [-0.15, -0.1) is 0 Å². The maximum atomic E-state index is 12.0. The summed E-state index contributed by atoms with van der Waals surface area (Å²) in [6.07, 6.45) is 1.50. The summed E-state index contributed by atoms with van der Waals surface area (Å²) in [4.78, 5) is 19.5. The number of aromatic hydroxyl groups is 1. The molecule has 0 radical (unpaired) electrons. The molecule has 0 saturated heterocycles. The third-order valence-electron chi connectivity index (χ3n) is 2.72. The van der Waals surface area contributed by atoms with Crippen molar-refractivity contribution in [3.63, 3.8) is 0 Å². The van der Waals surface area contributed by atoms with Crippen LogP contribution in [0.25, 0.3) is 0 Å². The lowest BCUT2D eigenvalue weighted by Crippen LogP contribution is -2.37. The number of phenolic OH excluding ortho intramolecular Hbond substituents is 1. The van der Waals surface area contributed by atoms with Crippen LogP contribution in [0.1, 0.15) is 5.56 Å². The number of nitrogens with zero attached hydrogens (tertiary/aromatic N) is 2. The second-order valence-electron chi connectivity index (χ2n) is 4.29. The molecule has 0 aliphatic heterocycles. The minimum atomic E-state index is -0.792. The number of hydrogen-bond donors (Lipinski definition) is 3. The highest BCUT2D eigenvalue weighted by molar-refractivity contribution is 6.42.